The van der Waals surface area contributed by atoms with E-state index in [2.05, 4.69) is 16.0 Å². The molecule has 0 bridgehead atoms. The third-order valence-corrected chi connectivity index (χ3v) is 3.67. The summed E-state index contributed by atoms with van der Waals surface area (Å²) in [6.07, 6.45) is 2.71. The van der Waals surface area contributed by atoms with Gasteiger partial charge in [-0.15, -0.1) is 11.3 Å². The van der Waals surface area contributed by atoms with E-state index >= 15 is 0 Å². The van der Waals surface area contributed by atoms with Crippen molar-refractivity contribution in [2.24, 2.45) is 0 Å². The summed E-state index contributed by atoms with van der Waals surface area (Å²) in [5, 5.41) is 11.4. The van der Waals surface area contributed by atoms with E-state index in [1.54, 1.807) is 24.3 Å². The summed E-state index contributed by atoms with van der Waals surface area (Å²) < 4.78 is 13.7. The lowest BCUT2D eigenvalue weighted by molar-refractivity contribution is 0.625. The van der Waals surface area contributed by atoms with Crippen molar-refractivity contribution >= 4 is 11.3 Å². The molecule has 2 heterocycles. The van der Waals surface area contributed by atoms with Crippen molar-refractivity contribution in [1.82, 2.24) is 9.97 Å². The Morgan fingerprint density at radius 1 is 1.25 bits per heavy atom. The van der Waals surface area contributed by atoms with Crippen LogP contribution < -0.4 is 0 Å². The quantitative estimate of drug-likeness (QED) is 0.716. The number of halogens is 1. The van der Waals surface area contributed by atoms with Gasteiger partial charge in [-0.1, -0.05) is 12.1 Å². The number of hydrogen-bond acceptors (Lipinski definition) is 4. The van der Waals surface area contributed by atoms with Gasteiger partial charge < -0.3 is 0 Å². The van der Waals surface area contributed by atoms with Crippen LogP contribution in [0.1, 0.15) is 5.56 Å². The highest BCUT2D eigenvalue weighted by atomic mass is 32.1. The fraction of sp³-hybridized carbons (Fsp3) is 0. The molecule has 3 rings (SSSR count). The van der Waals surface area contributed by atoms with Gasteiger partial charge in [-0.3, -0.25) is 4.98 Å². The maximum Gasteiger partial charge on any atom is 0.151 e. The minimum atomic E-state index is -0.390. The second-order valence-electron chi connectivity index (χ2n) is 4.09. The standard InChI is InChI=1S/C15H8FN3S/c16-13-8-18-5-4-12(13)15-19-14(9-20-15)11-3-1-2-10(6-11)7-17/h1-6,8-9H. The zero-order valence-corrected chi connectivity index (χ0v) is 11.1. The van der Waals surface area contributed by atoms with Gasteiger partial charge in [0.25, 0.3) is 0 Å². The molecule has 20 heavy (non-hydrogen) atoms. The molecule has 0 amide bonds. The van der Waals surface area contributed by atoms with Gasteiger partial charge in [-0.05, 0) is 18.2 Å². The number of pyridine rings is 1. The summed E-state index contributed by atoms with van der Waals surface area (Å²) in [6.45, 7) is 0. The Labute approximate surface area is 119 Å². The summed E-state index contributed by atoms with van der Waals surface area (Å²) in [7, 11) is 0. The van der Waals surface area contributed by atoms with Crippen LogP contribution in [0, 0.1) is 17.1 Å². The van der Waals surface area contributed by atoms with E-state index in [0.717, 1.165) is 11.3 Å². The monoisotopic (exact) mass is 281 g/mol. The molecule has 0 saturated heterocycles. The maximum atomic E-state index is 13.7. The Kier molecular flexibility index (Phi) is 3.23. The predicted octanol–water partition coefficient (Wildman–Crippen LogP) is 3.88. The maximum absolute atomic E-state index is 13.7. The van der Waals surface area contributed by atoms with Crippen LogP contribution in [0.2, 0.25) is 0 Å². The van der Waals surface area contributed by atoms with E-state index in [1.807, 2.05) is 11.4 Å². The van der Waals surface area contributed by atoms with Gasteiger partial charge in [0.2, 0.25) is 0 Å². The van der Waals surface area contributed by atoms with E-state index in [1.165, 1.54) is 23.7 Å². The average Bonchev–Trinajstić information content (AvgIpc) is 2.97. The molecule has 3 aromatic rings. The molecule has 0 radical (unpaired) electrons. The Balaban J connectivity index is 2.02. The molecule has 0 N–H and O–H groups in total. The minimum Gasteiger partial charge on any atom is -0.262 e. The van der Waals surface area contributed by atoms with Crippen molar-refractivity contribution in [1.29, 1.82) is 5.26 Å². The number of benzene rings is 1. The number of nitriles is 1. The molecular weight excluding hydrogens is 273 g/mol. The molecule has 0 aliphatic rings. The molecule has 0 saturated carbocycles. The molecule has 1 aromatic carbocycles. The topological polar surface area (TPSA) is 49.6 Å². The molecule has 96 valence electrons. The third kappa shape index (κ3) is 2.29. The molecule has 0 spiro atoms. The summed E-state index contributed by atoms with van der Waals surface area (Å²) in [4.78, 5) is 8.15. The van der Waals surface area contributed by atoms with Crippen LogP contribution in [0.25, 0.3) is 21.8 Å². The van der Waals surface area contributed by atoms with Gasteiger partial charge in [-0.25, -0.2) is 9.37 Å². The van der Waals surface area contributed by atoms with Gasteiger partial charge in [0.1, 0.15) is 5.01 Å². The van der Waals surface area contributed by atoms with Crippen molar-refractivity contribution in [3.8, 4) is 27.9 Å². The Hall–Kier alpha value is -2.58. The Morgan fingerprint density at radius 2 is 2.15 bits per heavy atom. The summed E-state index contributed by atoms with van der Waals surface area (Å²) in [5.74, 6) is -0.390. The molecule has 0 fully saturated rings. The summed E-state index contributed by atoms with van der Waals surface area (Å²) in [5.41, 5.74) is 2.60. The summed E-state index contributed by atoms with van der Waals surface area (Å²) in [6, 6.07) is 10.9. The van der Waals surface area contributed by atoms with Crippen molar-refractivity contribution in [3.63, 3.8) is 0 Å². The number of nitrogens with zero attached hydrogens (tertiary/aromatic N) is 3. The highest BCUT2D eigenvalue weighted by Crippen LogP contribution is 2.30. The molecule has 0 atom stereocenters. The average molecular weight is 281 g/mol. The SMILES string of the molecule is N#Cc1cccc(-c2csc(-c3ccncc3F)n2)c1. The highest BCUT2D eigenvalue weighted by molar-refractivity contribution is 7.13. The Morgan fingerprint density at radius 3 is 2.95 bits per heavy atom. The molecule has 0 aliphatic carbocycles. The number of thiazole rings is 1. The van der Waals surface area contributed by atoms with Crippen molar-refractivity contribution in [3.05, 3.63) is 59.5 Å². The lowest BCUT2D eigenvalue weighted by atomic mass is 10.1. The zero-order chi connectivity index (χ0) is 13.9. The first-order chi connectivity index (χ1) is 9.78. The molecule has 0 unspecified atom stereocenters. The first-order valence-electron chi connectivity index (χ1n) is 5.84. The van der Waals surface area contributed by atoms with Crippen molar-refractivity contribution in [2.45, 2.75) is 0 Å². The lowest BCUT2D eigenvalue weighted by Crippen LogP contribution is -1.85. The van der Waals surface area contributed by atoms with Crippen molar-refractivity contribution in [2.75, 3.05) is 0 Å². The van der Waals surface area contributed by atoms with Gasteiger partial charge in [0.15, 0.2) is 5.82 Å². The predicted molar refractivity (Wildman–Crippen MR) is 75.5 cm³/mol. The van der Waals surface area contributed by atoms with Crippen LogP contribution in [0.4, 0.5) is 4.39 Å². The van der Waals surface area contributed by atoms with Gasteiger partial charge in [-0.2, -0.15) is 5.26 Å². The second-order valence-corrected chi connectivity index (χ2v) is 4.94. The molecular formula is C15H8FN3S. The highest BCUT2D eigenvalue weighted by Gasteiger charge is 2.10. The lowest BCUT2D eigenvalue weighted by Gasteiger charge is -1.98. The van der Waals surface area contributed by atoms with Crippen LogP contribution in [0.3, 0.4) is 0 Å². The van der Waals surface area contributed by atoms with Gasteiger partial charge >= 0.3 is 0 Å². The first kappa shape index (κ1) is 12.5. The van der Waals surface area contributed by atoms with E-state index in [0.29, 0.717) is 16.1 Å². The fourth-order valence-electron chi connectivity index (χ4n) is 1.83. The van der Waals surface area contributed by atoms with Crippen LogP contribution in [-0.4, -0.2) is 9.97 Å². The number of rotatable bonds is 2. The third-order valence-electron chi connectivity index (χ3n) is 2.79. The number of aromatic nitrogens is 2. The molecule has 2 aromatic heterocycles. The second kappa shape index (κ2) is 5.19. The summed E-state index contributed by atoms with van der Waals surface area (Å²) >= 11 is 1.36. The number of hydrogen-bond donors (Lipinski definition) is 0. The molecule has 0 aliphatic heterocycles. The van der Waals surface area contributed by atoms with Gasteiger partial charge in [0, 0.05) is 22.7 Å². The van der Waals surface area contributed by atoms with Gasteiger partial charge in [0.05, 0.1) is 23.5 Å². The smallest absolute Gasteiger partial charge is 0.151 e. The van der Waals surface area contributed by atoms with Crippen LogP contribution in [-0.2, 0) is 0 Å². The van der Waals surface area contributed by atoms with E-state index in [9.17, 15) is 4.39 Å². The molecule has 5 heteroatoms. The van der Waals surface area contributed by atoms with Crippen LogP contribution in [0.15, 0.2) is 48.1 Å². The van der Waals surface area contributed by atoms with E-state index in [4.69, 9.17) is 5.26 Å². The first-order valence-corrected chi connectivity index (χ1v) is 6.72. The zero-order valence-electron chi connectivity index (χ0n) is 10.2. The van der Waals surface area contributed by atoms with Crippen molar-refractivity contribution < 1.29 is 4.39 Å². The normalized spacial score (nSPS) is 10.2. The minimum absolute atomic E-state index is 0.390. The Bertz CT molecular complexity index is 805. The van der Waals surface area contributed by atoms with E-state index in [-0.39, 0.29) is 5.82 Å². The largest absolute Gasteiger partial charge is 0.262 e. The van der Waals surface area contributed by atoms with Crippen LogP contribution >= 0.6 is 11.3 Å². The van der Waals surface area contributed by atoms with Crippen LogP contribution in [0.5, 0.6) is 0 Å². The molecule has 3 nitrogen and oxygen atoms in total. The fourth-order valence-corrected chi connectivity index (χ4v) is 2.68. The van der Waals surface area contributed by atoms with E-state index < -0.39 is 0 Å².